The fourth-order valence-electron chi connectivity index (χ4n) is 1.94. The third-order valence-corrected chi connectivity index (χ3v) is 3.18. The van der Waals surface area contributed by atoms with E-state index in [1.165, 1.54) is 0 Å². The van der Waals surface area contributed by atoms with Crippen molar-refractivity contribution in [1.29, 1.82) is 0 Å². The maximum Gasteiger partial charge on any atom is 0.310 e. The Labute approximate surface area is 126 Å². The van der Waals surface area contributed by atoms with Crippen LogP contribution in [0.25, 0.3) is 11.0 Å². The molecule has 2 aromatic carbocycles. The van der Waals surface area contributed by atoms with E-state index < -0.39 is 5.91 Å². The highest BCUT2D eigenvalue weighted by Gasteiger charge is 2.12. The largest absolute Gasteiger partial charge is 0.451 e. The summed E-state index contributed by atoms with van der Waals surface area (Å²) in [6.45, 7) is 0.290. The lowest BCUT2D eigenvalue weighted by Gasteiger charge is -2.03. The van der Waals surface area contributed by atoms with Crippen molar-refractivity contribution in [3.8, 4) is 0 Å². The summed E-state index contributed by atoms with van der Waals surface area (Å²) in [6.07, 6.45) is 0. The van der Waals surface area contributed by atoms with E-state index in [0.29, 0.717) is 17.2 Å². The number of furan rings is 1. The highest BCUT2D eigenvalue weighted by molar-refractivity contribution is 6.31. The normalized spacial score (nSPS) is 10.7. The number of hydrogen-bond donors (Lipinski definition) is 1. The minimum Gasteiger partial charge on any atom is -0.451 e. The van der Waals surface area contributed by atoms with Crippen LogP contribution >= 0.6 is 11.6 Å². The second kappa shape index (κ2) is 5.99. The van der Waals surface area contributed by atoms with Gasteiger partial charge in [-0.15, -0.1) is 0 Å². The number of carbonyl (C=O) groups is 1. The van der Waals surface area contributed by atoms with Crippen LogP contribution < -0.4 is 5.48 Å². The van der Waals surface area contributed by atoms with E-state index in [-0.39, 0.29) is 5.76 Å². The number of hydroxylamine groups is 1. The summed E-state index contributed by atoms with van der Waals surface area (Å²) in [5, 5.41) is 1.37. The minimum absolute atomic E-state index is 0.181. The van der Waals surface area contributed by atoms with Crippen LogP contribution in [0.3, 0.4) is 0 Å². The highest BCUT2D eigenvalue weighted by Crippen LogP contribution is 2.22. The maximum atomic E-state index is 11.9. The topological polar surface area (TPSA) is 51.5 Å². The summed E-state index contributed by atoms with van der Waals surface area (Å²) in [4.78, 5) is 17.1. The van der Waals surface area contributed by atoms with Gasteiger partial charge in [0.15, 0.2) is 5.76 Å². The Kier molecular flexibility index (Phi) is 3.90. The van der Waals surface area contributed by atoms with Crippen LogP contribution in [0.5, 0.6) is 0 Å². The third-order valence-electron chi connectivity index (χ3n) is 2.95. The SMILES string of the molecule is O=C(NOCc1ccccc1)c1cc2cc(Cl)ccc2o1. The van der Waals surface area contributed by atoms with Gasteiger partial charge < -0.3 is 4.42 Å². The Balaban J connectivity index is 1.64. The zero-order chi connectivity index (χ0) is 14.7. The van der Waals surface area contributed by atoms with Crippen molar-refractivity contribution in [2.75, 3.05) is 0 Å². The first-order chi connectivity index (χ1) is 10.2. The Hall–Kier alpha value is -2.30. The average Bonchev–Trinajstić information content (AvgIpc) is 2.91. The molecule has 0 bridgehead atoms. The van der Waals surface area contributed by atoms with Gasteiger partial charge in [-0.1, -0.05) is 41.9 Å². The van der Waals surface area contributed by atoms with E-state index in [0.717, 1.165) is 10.9 Å². The van der Waals surface area contributed by atoms with Gasteiger partial charge in [0.1, 0.15) is 5.58 Å². The number of fused-ring (bicyclic) bond motifs is 1. The fraction of sp³-hybridized carbons (Fsp3) is 0.0625. The lowest BCUT2D eigenvalue weighted by atomic mass is 10.2. The van der Waals surface area contributed by atoms with Crippen LogP contribution in [0.2, 0.25) is 5.02 Å². The molecule has 106 valence electrons. The number of halogens is 1. The predicted molar refractivity (Wildman–Crippen MR) is 79.9 cm³/mol. The number of hydrogen-bond acceptors (Lipinski definition) is 3. The summed E-state index contributed by atoms with van der Waals surface area (Å²) in [5.74, 6) is -0.251. The quantitative estimate of drug-likeness (QED) is 0.742. The first-order valence-electron chi connectivity index (χ1n) is 6.37. The number of carbonyl (C=O) groups excluding carboxylic acids is 1. The van der Waals surface area contributed by atoms with Crippen molar-refractivity contribution in [1.82, 2.24) is 5.48 Å². The maximum absolute atomic E-state index is 11.9. The van der Waals surface area contributed by atoms with Gasteiger partial charge in [0.2, 0.25) is 0 Å². The molecule has 0 unspecified atom stereocenters. The van der Waals surface area contributed by atoms with Crippen LogP contribution in [0.15, 0.2) is 59.0 Å². The Morgan fingerprint density at radius 2 is 1.95 bits per heavy atom. The van der Waals surface area contributed by atoms with Crippen LogP contribution in [-0.2, 0) is 11.4 Å². The van der Waals surface area contributed by atoms with Crippen molar-refractivity contribution >= 4 is 28.5 Å². The first kappa shape index (κ1) is 13.7. The second-order valence-electron chi connectivity index (χ2n) is 4.50. The molecule has 0 atom stereocenters. The number of benzene rings is 2. The van der Waals surface area contributed by atoms with Gasteiger partial charge >= 0.3 is 5.91 Å². The van der Waals surface area contributed by atoms with E-state index in [1.54, 1.807) is 24.3 Å². The Bertz CT molecular complexity index is 768. The molecule has 0 radical (unpaired) electrons. The summed E-state index contributed by atoms with van der Waals surface area (Å²) in [7, 11) is 0. The predicted octanol–water partition coefficient (Wildman–Crippen LogP) is 3.95. The first-order valence-corrected chi connectivity index (χ1v) is 6.75. The standard InChI is InChI=1S/C16H12ClNO3/c17-13-6-7-14-12(8-13)9-15(21-14)16(19)18-20-10-11-4-2-1-3-5-11/h1-9H,10H2,(H,18,19). The van der Waals surface area contributed by atoms with E-state index in [1.807, 2.05) is 30.3 Å². The molecule has 0 spiro atoms. The van der Waals surface area contributed by atoms with Gasteiger partial charge in [0.25, 0.3) is 0 Å². The number of rotatable bonds is 4. The molecule has 0 saturated carbocycles. The number of nitrogens with one attached hydrogen (secondary N) is 1. The molecule has 1 aromatic heterocycles. The number of amides is 1. The smallest absolute Gasteiger partial charge is 0.310 e. The van der Waals surface area contributed by atoms with Crippen LogP contribution in [0.1, 0.15) is 16.1 Å². The Morgan fingerprint density at radius 1 is 1.14 bits per heavy atom. The molecular weight excluding hydrogens is 290 g/mol. The molecule has 3 aromatic rings. The van der Waals surface area contributed by atoms with Crippen LogP contribution in [0, 0.1) is 0 Å². The molecule has 1 heterocycles. The van der Waals surface area contributed by atoms with Crippen molar-refractivity contribution in [2.24, 2.45) is 0 Å². The van der Waals surface area contributed by atoms with Crippen molar-refractivity contribution in [3.63, 3.8) is 0 Å². The third kappa shape index (κ3) is 3.24. The van der Waals surface area contributed by atoms with Crippen molar-refractivity contribution in [2.45, 2.75) is 6.61 Å². The van der Waals surface area contributed by atoms with Crippen LogP contribution in [0.4, 0.5) is 0 Å². The highest BCUT2D eigenvalue weighted by atomic mass is 35.5. The molecule has 0 aliphatic carbocycles. The fourth-order valence-corrected chi connectivity index (χ4v) is 2.12. The van der Waals surface area contributed by atoms with Gasteiger partial charge in [-0.05, 0) is 29.8 Å². The molecule has 0 fully saturated rings. The Morgan fingerprint density at radius 3 is 2.76 bits per heavy atom. The molecule has 3 rings (SSSR count). The molecule has 21 heavy (non-hydrogen) atoms. The monoisotopic (exact) mass is 301 g/mol. The van der Waals surface area contributed by atoms with E-state index in [2.05, 4.69) is 5.48 Å². The molecule has 0 saturated heterocycles. The van der Waals surface area contributed by atoms with Crippen LogP contribution in [-0.4, -0.2) is 5.91 Å². The summed E-state index contributed by atoms with van der Waals surface area (Å²) < 4.78 is 5.44. The molecule has 4 nitrogen and oxygen atoms in total. The van der Waals surface area contributed by atoms with Gasteiger partial charge in [-0.3, -0.25) is 9.63 Å². The van der Waals surface area contributed by atoms with Gasteiger partial charge in [-0.2, -0.15) is 0 Å². The molecular formula is C16H12ClNO3. The molecule has 1 N–H and O–H groups in total. The minimum atomic E-state index is -0.432. The van der Waals surface area contributed by atoms with Gasteiger partial charge in [0, 0.05) is 10.4 Å². The van der Waals surface area contributed by atoms with Crippen molar-refractivity contribution < 1.29 is 14.0 Å². The molecule has 0 aliphatic rings. The van der Waals surface area contributed by atoms with Crippen molar-refractivity contribution in [3.05, 3.63) is 70.9 Å². The molecule has 0 aliphatic heterocycles. The molecule has 1 amide bonds. The van der Waals surface area contributed by atoms with E-state index in [4.69, 9.17) is 20.9 Å². The van der Waals surface area contributed by atoms with E-state index in [9.17, 15) is 4.79 Å². The zero-order valence-electron chi connectivity index (χ0n) is 11.0. The average molecular weight is 302 g/mol. The second-order valence-corrected chi connectivity index (χ2v) is 4.93. The lowest BCUT2D eigenvalue weighted by molar-refractivity contribution is 0.0214. The summed E-state index contributed by atoms with van der Waals surface area (Å²) >= 11 is 5.89. The molecule has 5 heteroatoms. The van der Waals surface area contributed by atoms with Gasteiger partial charge in [0.05, 0.1) is 6.61 Å². The van der Waals surface area contributed by atoms with E-state index >= 15 is 0 Å². The van der Waals surface area contributed by atoms with Gasteiger partial charge in [-0.25, -0.2) is 5.48 Å². The summed E-state index contributed by atoms with van der Waals surface area (Å²) in [5.41, 5.74) is 3.93. The zero-order valence-corrected chi connectivity index (χ0v) is 11.8. The lowest BCUT2D eigenvalue weighted by Crippen LogP contribution is -2.22. The summed E-state index contributed by atoms with van der Waals surface area (Å²) in [6, 6.07) is 16.4.